The van der Waals surface area contributed by atoms with Crippen molar-refractivity contribution in [1.82, 2.24) is 5.32 Å². The summed E-state index contributed by atoms with van der Waals surface area (Å²) in [6.45, 7) is 4.50. The largest absolute Gasteiger partial charge is 0.455 e. The fraction of sp³-hybridized carbons (Fsp3) is 0.476. The van der Waals surface area contributed by atoms with Crippen LogP contribution in [0.5, 0.6) is 0 Å². The molecule has 0 saturated heterocycles. The molecule has 0 radical (unpaired) electrons. The highest BCUT2D eigenvalue weighted by Crippen LogP contribution is 2.29. The van der Waals surface area contributed by atoms with E-state index in [1.807, 2.05) is 30.3 Å². The number of rotatable bonds is 6. The van der Waals surface area contributed by atoms with Gasteiger partial charge in [0, 0.05) is 16.8 Å². The van der Waals surface area contributed by atoms with Gasteiger partial charge in [0.05, 0.1) is 5.75 Å². The lowest BCUT2D eigenvalue weighted by atomic mass is 9.78. The Morgan fingerprint density at radius 1 is 1.15 bits per heavy atom. The number of nitrogens with one attached hydrogen (secondary N) is 1. The molecule has 1 N–H and O–H groups in total. The highest BCUT2D eigenvalue weighted by atomic mass is 35.5. The van der Waals surface area contributed by atoms with E-state index >= 15 is 0 Å². The minimum Gasteiger partial charge on any atom is -0.455 e. The normalized spacial score (nSPS) is 23.0. The van der Waals surface area contributed by atoms with Gasteiger partial charge in [-0.1, -0.05) is 50.4 Å². The molecule has 1 saturated carbocycles. The predicted molar refractivity (Wildman–Crippen MR) is 109 cm³/mol. The lowest BCUT2D eigenvalue weighted by Gasteiger charge is -2.34. The third-order valence-corrected chi connectivity index (χ3v) is 6.61. The molecule has 26 heavy (non-hydrogen) atoms. The molecular formula is C21H26ClNO2S. The van der Waals surface area contributed by atoms with E-state index in [-0.39, 0.29) is 11.9 Å². The molecular weight excluding hydrogens is 366 g/mol. The van der Waals surface area contributed by atoms with E-state index in [4.69, 9.17) is 16.0 Å². The van der Waals surface area contributed by atoms with E-state index in [0.717, 1.165) is 28.7 Å². The van der Waals surface area contributed by atoms with E-state index in [0.29, 0.717) is 17.6 Å². The standard InChI is InChI=1S/C21H26ClNO2S/c1-14-4-3-5-19(15(14)2)23-21(24)20-11-10-18(25-20)13-26-12-16-6-8-17(22)9-7-16/h6-11,14-15,19H,3-5,12-13H2,1-2H3,(H,23,24)/t14-,15+,19-/m1/s1. The number of halogens is 1. The Bertz CT molecular complexity index is 728. The smallest absolute Gasteiger partial charge is 0.287 e. The first kappa shape index (κ1) is 19.4. The predicted octanol–water partition coefficient (Wildman–Crippen LogP) is 5.92. The van der Waals surface area contributed by atoms with Crippen LogP contribution in [0.3, 0.4) is 0 Å². The summed E-state index contributed by atoms with van der Waals surface area (Å²) in [5, 5.41) is 3.92. The molecule has 0 spiro atoms. The van der Waals surface area contributed by atoms with Crippen molar-refractivity contribution >= 4 is 29.3 Å². The maximum absolute atomic E-state index is 12.5. The monoisotopic (exact) mass is 391 g/mol. The summed E-state index contributed by atoms with van der Waals surface area (Å²) in [7, 11) is 0. The molecule has 140 valence electrons. The Balaban J connectivity index is 1.49. The molecule has 3 nitrogen and oxygen atoms in total. The van der Waals surface area contributed by atoms with Gasteiger partial charge in [-0.25, -0.2) is 0 Å². The van der Waals surface area contributed by atoms with Gasteiger partial charge in [0.15, 0.2) is 5.76 Å². The van der Waals surface area contributed by atoms with Gasteiger partial charge in [0.2, 0.25) is 0 Å². The summed E-state index contributed by atoms with van der Waals surface area (Å²) >= 11 is 7.66. The number of amides is 1. The van der Waals surface area contributed by atoms with E-state index in [2.05, 4.69) is 19.2 Å². The van der Waals surface area contributed by atoms with Crippen molar-refractivity contribution in [2.75, 3.05) is 0 Å². The van der Waals surface area contributed by atoms with Gasteiger partial charge in [-0.2, -0.15) is 0 Å². The zero-order valence-corrected chi connectivity index (χ0v) is 16.9. The molecule has 1 fully saturated rings. The summed E-state index contributed by atoms with van der Waals surface area (Å²) in [5.74, 6) is 3.95. The Morgan fingerprint density at radius 3 is 2.69 bits per heavy atom. The van der Waals surface area contributed by atoms with E-state index in [9.17, 15) is 4.79 Å². The quantitative estimate of drug-likeness (QED) is 0.664. The average Bonchev–Trinajstić information content (AvgIpc) is 3.10. The van der Waals surface area contributed by atoms with Crippen molar-refractivity contribution < 1.29 is 9.21 Å². The number of hydrogen-bond acceptors (Lipinski definition) is 3. The lowest BCUT2D eigenvalue weighted by molar-refractivity contribution is 0.0861. The van der Waals surface area contributed by atoms with Crippen molar-refractivity contribution in [3.8, 4) is 0 Å². The average molecular weight is 392 g/mol. The first-order chi connectivity index (χ1) is 12.5. The van der Waals surface area contributed by atoms with E-state index in [1.54, 1.807) is 17.8 Å². The number of thioether (sulfide) groups is 1. The number of hydrogen-bond donors (Lipinski definition) is 1. The molecule has 1 aromatic heterocycles. The molecule has 5 heteroatoms. The summed E-state index contributed by atoms with van der Waals surface area (Å²) in [6, 6.07) is 11.8. The maximum Gasteiger partial charge on any atom is 0.287 e. The van der Waals surface area contributed by atoms with Crippen molar-refractivity contribution in [3.63, 3.8) is 0 Å². The first-order valence-electron chi connectivity index (χ1n) is 9.24. The SMILES string of the molecule is C[C@H]1[C@H](C)CCC[C@H]1NC(=O)c1ccc(CSCc2ccc(Cl)cc2)o1. The van der Waals surface area contributed by atoms with Gasteiger partial charge >= 0.3 is 0 Å². The number of benzene rings is 1. The maximum atomic E-state index is 12.5. The second-order valence-corrected chi connectivity index (χ2v) is 8.65. The molecule has 0 aliphatic heterocycles. The van der Waals surface area contributed by atoms with Crippen molar-refractivity contribution in [2.45, 2.75) is 50.7 Å². The topological polar surface area (TPSA) is 42.2 Å². The second-order valence-electron chi connectivity index (χ2n) is 7.23. The molecule has 2 aromatic rings. The van der Waals surface area contributed by atoms with Crippen LogP contribution in [-0.2, 0) is 11.5 Å². The Kier molecular flexibility index (Phi) is 6.71. The van der Waals surface area contributed by atoms with Gasteiger partial charge in [0.25, 0.3) is 5.91 Å². The number of carbonyl (C=O) groups is 1. The molecule has 3 atom stereocenters. The fourth-order valence-electron chi connectivity index (χ4n) is 3.45. The van der Waals surface area contributed by atoms with Gasteiger partial charge in [0.1, 0.15) is 5.76 Å². The highest BCUT2D eigenvalue weighted by Gasteiger charge is 2.29. The van der Waals surface area contributed by atoms with Gasteiger partial charge < -0.3 is 9.73 Å². The fourth-order valence-corrected chi connectivity index (χ4v) is 4.47. The number of carbonyl (C=O) groups excluding carboxylic acids is 1. The third kappa shape index (κ3) is 5.08. The lowest BCUT2D eigenvalue weighted by Crippen LogP contribution is -2.43. The van der Waals surface area contributed by atoms with Crippen LogP contribution in [-0.4, -0.2) is 11.9 Å². The van der Waals surface area contributed by atoms with Gasteiger partial charge in [-0.05, 0) is 48.1 Å². The third-order valence-electron chi connectivity index (χ3n) is 5.34. The highest BCUT2D eigenvalue weighted by molar-refractivity contribution is 7.97. The summed E-state index contributed by atoms with van der Waals surface area (Å²) in [6.07, 6.45) is 3.49. The van der Waals surface area contributed by atoms with Crippen molar-refractivity contribution in [3.05, 3.63) is 58.5 Å². The van der Waals surface area contributed by atoms with Crippen LogP contribution in [0.1, 0.15) is 55.0 Å². The summed E-state index contributed by atoms with van der Waals surface area (Å²) in [5.41, 5.74) is 1.23. The molecule has 0 unspecified atom stereocenters. The van der Waals surface area contributed by atoms with E-state index in [1.165, 1.54) is 18.4 Å². The van der Waals surface area contributed by atoms with E-state index < -0.39 is 0 Å². The van der Waals surface area contributed by atoms with Gasteiger partial charge in [-0.15, -0.1) is 11.8 Å². The van der Waals surface area contributed by atoms with Crippen LogP contribution in [0.2, 0.25) is 5.02 Å². The van der Waals surface area contributed by atoms with Crippen LogP contribution in [0.15, 0.2) is 40.8 Å². The molecule has 0 bridgehead atoms. The Morgan fingerprint density at radius 2 is 1.92 bits per heavy atom. The molecule has 1 amide bonds. The Hall–Kier alpha value is -1.39. The van der Waals surface area contributed by atoms with Crippen LogP contribution in [0.4, 0.5) is 0 Å². The van der Waals surface area contributed by atoms with Crippen LogP contribution in [0.25, 0.3) is 0 Å². The van der Waals surface area contributed by atoms with Crippen molar-refractivity contribution in [1.29, 1.82) is 0 Å². The minimum absolute atomic E-state index is 0.0927. The first-order valence-corrected chi connectivity index (χ1v) is 10.8. The summed E-state index contributed by atoms with van der Waals surface area (Å²) < 4.78 is 5.75. The molecule has 1 aromatic carbocycles. The molecule has 3 rings (SSSR count). The van der Waals surface area contributed by atoms with Crippen LogP contribution in [0, 0.1) is 11.8 Å². The molecule has 1 aliphatic carbocycles. The van der Waals surface area contributed by atoms with Crippen LogP contribution >= 0.6 is 23.4 Å². The molecule has 1 heterocycles. The van der Waals surface area contributed by atoms with Crippen molar-refractivity contribution in [2.24, 2.45) is 11.8 Å². The summed E-state index contributed by atoms with van der Waals surface area (Å²) in [4.78, 5) is 12.5. The second kappa shape index (κ2) is 9.01. The minimum atomic E-state index is -0.0927. The van der Waals surface area contributed by atoms with Crippen LogP contribution < -0.4 is 5.32 Å². The zero-order chi connectivity index (χ0) is 18.5. The number of furan rings is 1. The zero-order valence-electron chi connectivity index (χ0n) is 15.3. The van der Waals surface area contributed by atoms with Gasteiger partial charge in [-0.3, -0.25) is 4.79 Å². The molecule has 1 aliphatic rings. The Labute approximate surface area is 164 Å².